The number of carbonyl (C=O) groups excluding carboxylic acids is 2. The van der Waals surface area contributed by atoms with Crippen molar-refractivity contribution in [3.05, 3.63) is 33.1 Å². The predicted molar refractivity (Wildman–Crippen MR) is 126 cm³/mol. The van der Waals surface area contributed by atoms with Gasteiger partial charge in [-0.3, -0.25) is 28.5 Å². The monoisotopic (exact) mass is 534 g/mol. The second-order valence-electron chi connectivity index (χ2n) is 10.5. The van der Waals surface area contributed by atoms with Crippen LogP contribution in [-0.4, -0.2) is 47.8 Å². The molecule has 2 rings (SSSR count). The van der Waals surface area contributed by atoms with E-state index in [0.717, 1.165) is 0 Å². The summed E-state index contributed by atoms with van der Waals surface area (Å²) in [5, 5.41) is 0. The van der Waals surface area contributed by atoms with Crippen LogP contribution in [0.2, 0.25) is 0 Å². The maximum Gasteiger partial charge on any atom is 0.480 e. The molecule has 0 amide bonds. The first-order valence-electron chi connectivity index (χ1n) is 11.4. The van der Waals surface area contributed by atoms with Gasteiger partial charge in [-0.05, 0) is 48.0 Å². The minimum absolute atomic E-state index is 0.149. The fourth-order valence-electron chi connectivity index (χ4n) is 3.00. The normalized spacial score (nSPS) is 20.8. The average molecular weight is 534 g/mol. The van der Waals surface area contributed by atoms with Gasteiger partial charge in [0.05, 0.1) is 23.5 Å². The summed E-state index contributed by atoms with van der Waals surface area (Å²) in [5.74, 6) is -1.35. The van der Waals surface area contributed by atoms with E-state index < -0.39 is 67.8 Å². The van der Waals surface area contributed by atoms with Crippen LogP contribution in [0.1, 0.15) is 61.1 Å². The van der Waals surface area contributed by atoms with Gasteiger partial charge in [-0.1, -0.05) is 6.92 Å². The third-order valence-corrected chi connectivity index (χ3v) is 6.33. The molecule has 0 radical (unpaired) electrons. The molecule has 0 unspecified atom stereocenters. The van der Waals surface area contributed by atoms with E-state index in [1.165, 1.54) is 16.8 Å². The number of aromatic amines is 1. The number of nitrogens with zero attached hydrogens (tertiary/aromatic N) is 1. The van der Waals surface area contributed by atoms with Crippen molar-refractivity contribution >= 4 is 19.8 Å². The molecule has 1 aliphatic heterocycles. The van der Waals surface area contributed by atoms with Gasteiger partial charge in [0.1, 0.15) is 6.23 Å². The Morgan fingerprint density at radius 3 is 2.03 bits per heavy atom. The zero-order valence-electron chi connectivity index (χ0n) is 21.6. The number of rotatable bonds is 10. The number of carbonyl (C=O) groups is 2. The Balaban J connectivity index is 2.03. The van der Waals surface area contributed by atoms with Crippen molar-refractivity contribution in [1.29, 1.82) is 0 Å². The van der Waals surface area contributed by atoms with Gasteiger partial charge in [0.15, 0.2) is 0 Å². The van der Waals surface area contributed by atoms with Crippen molar-refractivity contribution in [2.24, 2.45) is 16.7 Å². The lowest BCUT2D eigenvalue weighted by atomic mass is 9.98. The summed E-state index contributed by atoms with van der Waals surface area (Å²) in [6.45, 7) is 9.94. The van der Waals surface area contributed by atoms with E-state index in [2.05, 4.69) is 4.98 Å². The lowest BCUT2D eigenvalue weighted by Gasteiger charge is -2.22. The summed E-state index contributed by atoms with van der Waals surface area (Å²) in [7, 11) is -4.37. The van der Waals surface area contributed by atoms with E-state index in [0.29, 0.717) is 6.42 Å². The molecule has 1 saturated heterocycles. The Kier molecular flexibility index (Phi) is 9.83. The summed E-state index contributed by atoms with van der Waals surface area (Å²) in [4.78, 5) is 49.6. The minimum Gasteiger partial charge on any atom is -0.437 e. The van der Waals surface area contributed by atoms with Gasteiger partial charge < -0.3 is 14.2 Å². The average Bonchev–Trinajstić information content (AvgIpc) is 3.11. The van der Waals surface area contributed by atoms with Crippen molar-refractivity contribution in [3.63, 3.8) is 0 Å². The summed E-state index contributed by atoms with van der Waals surface area (Å²) >= 11 is 0. The SMILES string of the molecule is C[C@H]1C[C@@H](COP(=O)(OCOC(=O)C(C)(C)C)OCOC(=O)C(C)(C)C)O[C@H]1n1ccc(=O)[nH]c1=O. The van der Waals surface area contributed by atoms with E-state index in [1.807, 2.05) is 6.92 Å². The third-order valence-electron chi connectivity index (χ3n) is 5.02. The third kappa shape index (κ3) is 8.67. The molecule has 1 fully saturated rings. The van der Waals surface area contributed by atoms with Crippen molar-refractivity contribution in [2.45, 2.75) is 67.2 Å². The van der Waals surface area contributed by atoms with E-state index in [1.54, 1.807) is 41.5 Å². The van der Waals surface area contributed by atoms with E-state index in [9.17, 15) is 23.7 Å². The number of esters is 2. The smallest absolute Gasteiger partial charge is 0.437 e. The minimum atomic E-state index is -4.37. The Bertz CT molecular complexity index is 1050. The molecule has 2 heterocycles. The molecule has 1 N–H and O–H groups in total. The number of hydrogen-bond donors (Lipinski definition) is 1. The highest BCUT2D eigenvalue weighted by Crippen LogP contribution is 2.50. The van der Waals surface area contributed by atoms with Crippen LogP contribution >= 0.6 is 7.82 Å². The van der Waals surface area contributed by atoms with Gasteiger partial charge in [0.2, 0.25) is 13.6 Å². The van der Waals surface area contributed by atoms with Gasteiger partial charge in [-0.2, -0.15) is 0 Å². The second kappa shape index (κ2) is 11.8. The number of nitrogens with one attached hydrogen (secondary N) is 1. The lowest BCUT2D eigenvalue weighted by Crippen LogP contribution is -2.33. The topological polar surface area (TPSA) is 161 Å². The summed E-state index contributed by atoms with van der Waals surface area (Å²) in [6, 6.07) is 1.20. The van der Waals surface area contributed by atoms with Gasteiger partial charge in [0.25, 0.3) is 5.56 Å². The van der Waals surface area contributed by atoms with E-state index in [-0.39, 0.29) is 12.5 Å². The van der Waals surface area contributed by atoms with Gasteiger partial charge in [-0.15, -0.1) is 0 Å². The van der Waals surface area contributed by atoms with Crippen LogP contribution in [0, 0.1) is 16.7 Å². The van der Waals surface area contributed by atoms with Crippen molar-refractivity contribution in [1.82, 2.24) is 9.55 Å². The molecule has 13 nitrogen and oxygen atoms in total. The quantitative estimate of drug-likeness (QED) is 0.267. The molecule has 1 aliphatic rings. The molecule has 36 heavy (non-hydrogen) atoms. The molecular weight excluding hydrogens is 499 g/mol. The molecule has 14 heteroatoms. The summed E-state index contributed by atoms with van der Waals surface area (Å²) < 4.78 is 45.8. The molecule has 1 aromatic heterocycles. The molecule has 0 aromatic carbocycles. The van der Waals surface area contributed by atoms with Crippen molar-refractivity contribution < 1.29 is 41.9 Å². The molecule has 0 aliphatic carbocycles. The fraction of sp³-hybridized carbons (Fsp3) is 0.727. The highest BCUT2D eigenvalue weighted by atomic mass is 31.2. The molecule has 1 aromatic rings. The number of phosphoric ester groups is 1. The number of H-pyrrole nitrogens is 1. The molecule has 3 atom stereocenters. The zero-order valence-corrected chi connectivity index (χ0v) is 22.5. The molecule has 204 valence electrons. The van der Waals surface area contributed by atoms with Crippen molar-refractivity contribution in [2.75, 3.05) is 20.2 Å². The second-order valence-corrected chi connectivity index (χ2v) is 12.1. The van der Waals surface area contributed by atoms with Crippen molar-refractivity contribution in [3.8, 4) is 0 Å². The number of phosphoric acid groups is 1. The fourth-order valence-corrected chi connectivity index (χ4v) is 3.94. The number of aromatic nitrogens is 2. The molecule has 0 bridgehead atoms. The largest absolute Gasteiger partial charge is 0.480 e. The first kappa shape index (κ1) is 29.9. The number of ether oxygens (including phenoxy) is 3. The summed E-state index contributed by atoms with van der Waals surface area (Å²) in [5.41, 5.74) is -2.80. The highest BCUT2D eigenvalue weighted by Gasteiger charge is 2.38. The van der Waals surface area contributed by atoms with E-state index >= 15 is 0 Å². The zero-order chi connectivity index (χ0) is 27.3. The highest BCUT2D eigenvalue weighted by molar-refractivity contribution is 7.48. The van der Waals surface area contributed by atoms with Crippen LogP contribution in [-0.2, 0) is 41.9 Å². The summed E-state index contributed by atoms with van der Waals surface area (Å²) in [6.07, 6.45) is 0.452. The first-order chi connectivity index (χ1) is 16.5. The standard InChI is InChI=1S/C22H35N2O11P/c1-14-10-15(35-17(14)24-9-8-16(25)23-20(24)28)11-32-36(29,33-12-30-18(26)21(2,3)4)34-13-31-19(27)22(5,6)7/h8-9,14-15,17H,10-13H2,1-7H3,(H,23,25,28)/t14-,15-,17+/m0/s1. The maximum absolute atomic E-state index is 13.2. The van der Waals surface area contributed by atoms with Gasteiger partial charge in [-0.25, -0.2) is 18.4 Å². The number of hydrogen-bond acceptors (Lipinski definition) is 11. The van der Waals surface area contributed by atoms with Gasteiger partial charge >= 0.3 is 25.5 Å². The van der Waals surface area contributed by atoms with Crippen LogP contribution < -0.4 is 11.2 Å². The Labute approximate surface area is 209 Å². The maximum atomic E-state index is 13.2. The van der Waals surface area contributed by atoms with Crippen LogP contribution in [0.4, 0.5) is 0 Å². The molecule has 0 spiro atoms. The van der Waals surface area contributed by atoms with Crippen LogP contribution in [0.3, 0.4) is 0 Å². The van der Waals surface area contributed by atoms with Crippen LogP contribution in [0.15, 0.2) is 21.9 Å². The van der Waals surface area contributed by atoms with Crippen LogP contribution in [0.5, 0.6) is 0 Å². The lowest BCUT2D eigenvalue weighted by molar-refractivity contribution is -0.163. The predicted octanol–water partition coefficient (Wildman–Crippen LogP) is 2.71. The van der Waals surface area contributed by atoms with E-state index in [4.69, 9.17) is 27.8 Å². The first-order valence-corrected chi connectivity index (χ1v) is 12.8. The Hall–Kier alpha value is -2.31. The van der Waals surface area contributed by atoms with Gasteiger partial charge in [0, 0.05) is 18.2 Å². The molecular formula is C22H35N2O11P. The molecule has 0 saturated carbocycles. The van der Waals surface area contributed by atoms with Crippen LogP contribution in [0.25, 0.3) is 0 Å². The Morgan fingerprint density at radius 2 is 1.56 bits per heavy atom. The Morgan fingerprint density at radius 1 is 1.03 bits per heavy atom.